The molecule has 3 nitrogen and oxygen atoms in total. The Morgan fingerprint density at radius 1 is 0.559 bits per heavy atom. The van der Waals surface area contributed by atoms with Crippen molar-refractivity contribution < 1.29 is 0 Å². The molecule has 5 aromatic rings. The van der Waals surface area contributed by atoms with Crippen LogP contribution in [-0.4, -0.2) is 9.97 Å². The monoisotopic (exact) mass is 439 g/mol. The van der Waals surface area contributed by atoms with Gasteiger partial charge < -0.3 is 4.90 Å². The molecule has 2 aromatic heterocycles. The van der Waals surface area contributed by atoms with Gasteiger partial charge >= 0.3 is 0 Å². The molecule has 0 bridgehead atoms. The van der Waals surface area contributed by atoms with Crippen molar-refractivity contribution >= 4 is 17.1 Å². The number of fused-ring (bicyclic) bond motifs is 2. The van der Waals surface area contributed by atoms with Gasteiger partial charge in [-0.15, -0.1) is 0 Å². The molecule has 6 rings (SSSR count). The van der Waals surface area contributed by atoms with Crippen molar-refractivity contribution in [1.29, 1.82) is 0 Å². The summed E-state index contributed by atoms with van der Waals surface area (Å²) >= 11 is 0. The maximum Gasteiger partial charge on any atom is 0.0702 e. The summed E-state index contributed by atoms with van der Waals surface area (Å²) in [5, 5.41) is 0. The van der Waals surface area contributed by atoms with Crippen molar-refractivity contribution in [2.75, 3.05) is 4.90 Å². The minimum atomic E-state index is -0.121. The van der Waals surface area contributed by atoms with Gasteiger partial charge in [0.15, 0.2) is 0 Å². The molecule has 0 N–H and O–H groups in total. The molecule has 164 valence electrons. The minimum absolute atomic E-state index is 0.121. The number of anilines is 3. The van der Waals surface area contributed by atoms with E-state index < -0.39 is 0 Å². The van der Waals surface area contributed by atoms with Crippen molar-refractivity contribution in [2.24, 2.45) is 0 Å². The van der Waals surface area contributed by atoms with Gasteiger partial charge in [0.2, 0.25) is 0 Å². The largest absolute Gasteiger partial charge is 0.310 e. The van der Waals surface area contributed by atoms with Gasteiger partial charge in [0.05, 0.1) is 22.8 Å². The third-order valence-electron chi connectivity index (χ3n) is 6.76. The van der Waals surface area contributed by atoms with Gasteiger partial charge in [-0.25, -0.2) is 0 Å². The van der Waals surface area contributed by atoms with Crippen molar-refractivity contribution in [3.05, 3.63) is 127 Å². The van der Waals surface area contributed by atoms with Crippen molar-refractivity contribution in [3.63, 3.8) is 0 Å². The Morgan fingerprint density at radius 2 is 1.21 bits per heavy atom. The summed E-state index contributed by atoms with van der Waals surface area (Å²) in [6.45, 7) is 4.62. The maximum absolute atomic E-state index is 4.60. The molecule has 0 unspecified atom stereocenters. The zero-order valence-corrected chi connectivity index (χ0v) is 19.3. The highest BCUT2D eigenvalue weighted by molar-refractivity contribution is 5.88. The van der Waals surface area contributed by atoms with Crippen LogP contribution in [0, 0.1) is 0 Å². The highest BCUT2D eigenvalue weighted by Crippen LogP contribution is 2.52. The van der Waals surface area contributed by atoms with Gasteiger partial charge in [0.25, 0.3) is 0 Å². The lowest BCUT2D eigenvalue weighted by Gasteiger charge is -2.42. The van der Waals surface area contributed by atoms with Crippen LogP contribution >= 0.6 is 0 Å². The zero-order chi connectivity index (χ0) is 23.1. The topological polar surface area (TPSA) is 29.0 Å². The number of hydrogen-bond donors (Lipinski definition) is 0. The summed E-state index contributed by atoms with van der Waals surface area (Å²) in [7, 11) is 0. The van der Waals surface area contributed by atoms with E-state index in [2.05, 4.69) is 108 Å². The Labute approximate surface area is 200 Å². The molecular formula is C31H25N3. The molecule has 0 radical (unpaired) electrons. The molecule has 0 spiro atoms. The van der Waals surface area contributed by atoms with E-state index >= 15 is 0 Å². The highest BCUT2D eigenvalue weighted by atomic mass is 15.2. The lowest BCUT2D eigenvalue weighted by atomic mass is 9.73. The predicted octanol–water partition coefficient (Wildman–Crippen LogP) is 7.92. The second-order valence-electron chi connectivity index (χ2n) is 9.19. The van der Waals surface area contributed by atoms with Crippen LogP contribution in [0.5, 0.6) is 0 Å². The van der Waals surface area contributed by atoms with E-state index in [1.807, 2.05) is 36.7 Å². The van der Waals surface area contributed by atoms with E-state index in [0.29, 0.717) is 0 Å². The quantitative estimate of drug-likeness (QED) is 0.286. The first-order valence-electron chi connectivity index (χ1n) is 11.6. The van der Waals surface area contributed by atoms with Gasteiger partial charge in [-0.1, -0.05) is 68.4 Å². The Morgan fingerprint density at radius 3 is 1.91 bits per heavy atom. The SMILES string of the molecule is CC1(C)c2ccccc2N(c2cccc(-c3ccccn3)c2)c2cc(-c3ccccn3)ccc21. The number of nitrogens with zero attached hydrogens (tertiary/aromatic N) is 3. The third-order valence-corrected chi connectivity index (χ3v) is 6.76. The average molecular weight is 440 g/mol. The number of aromatic nitrogens is 2. The Hall–Kier alpha value is -4.24. The van der Waals surface area contributed by atoms with E-state index in [4.69, 9.17) is 0 Å². The first-order chi connectivity index (χ1) is 16.6. The molecular weight excluding hydrogens is 414 g/mol. The van der Waals surface area contributed by atoms with Crippen LogP contribution < -0.4 is 4.90 Å². The van der Waals surface area contributed by atoms with E-state index in [1.54, 1.807) is 0 Å². The van der Waals surface area contributed by atoms with Crippen molar-refractivity contribution in [2.45, 2.75) is 19.3 Å². The summed E-state index contributed by atoms with van der Waals surface area (Å²) in [5.74, 6) is 0. The Balaban J connectivity index is 1.59. The molecule has 0 atom stereocenters. The summed E-state index contributed by atoms with van der Waals surface area (Å²) in [6.07, 6.45) is 3.69. The summed E-state index contributed by atoms with van der Waals surface area (Å²) in [6, 6.07) is 36.2. The molecule has 1 aliphatic heterocycles. The van der Waals surface area contributed by atoms with E-state index in [1.165, 1.54) is 22.5 Å². The van der Waals surface area contributed by atoms with Crippen LogP contribution in [0.2, 0.25) is 0 Å². The van der Waals surface area contributed by atoms with Gasteiger partial charge in [-0.3, -0.25) is 9.97 Å². The zero-order valence-electron chi connectivity index (χ0n) is 19.3. The lowest BCUT2D eigenvalue weighted by molar-refractivity contribution is 0.632. The number of para-hydroxylation sites is 1. The van der Waals surface area contributed by atoms with Crippen LogP contribution in [0.3, 0.4) is 0 Å². The van der Waals surface area contributed by atoms with E-state index in [0.717, 1.165) is 28.2 Å². The number of benzene rings is 3. The van der Waals surface area contributed by atoms with Crippen molar-refractivity contribution in [1.82, 2.24) is 9.97 Å². The van der Waals surface area contributed by atoms with Crippen LogP contribution in [0.25, 0.3) is 22.5 Å². The summed E-state index contributed by atoms with van der Waals surface area (Å²) < 4.78 is 0. The maximum atomic E-state index is 4.60. The number of hydrogen-bond acceptors (Lipinski definition) is 3. The van der Waals surface area contributed by atoms with Crippen LogP contribution in [0.15, 0.2) is 116 Å². The van der Waals surface area contributed by atoms with Gasteiger partial charge in [0.1, 0.15) is 0 Å². The predicted molar refractivity (Wildman–Crippen MR) is 140 cm³/mol. The van der Waals surface area contributed by atoms with Crippen LogP contribution in [0.1, 0.15) is 25.0 Å². The number of pyridine rings is 2. The second kappa shape index (κ2) is 7.96. The summed E-state index contributed by atoms with van der Waals surface area (Å²) in [5.41, 5.74) is 10.2. The first kappa shape index (κ1) is 20.4. The van der Waals surface area contributed by atoms with Gasteiger partial charge in [0, 0.05) is 34.6 Å². The Kier molecular flexibility index (Phi) is 4.77. The first-order valence-corrected chi connectivity index (χ1v) is 11.6. The normalized spacial score (nSPS) is 13.8. The molecule has 0 amide bonds. The molecule has 3 heteroatoms. The Bertz CT molecular complexity index is 1470. The molecule has 1 aliphatic rings. The van der Waals surface area contributed by atoms with Gasteiger partial charge in [-0.2, -0.15) is 0 Å². The smallest absolute Gasteiger partial charge is 0.0702 e. The molecule has 3 heterocycles. The minimum Gasteiger partial charge on any atom is -0.310 e. The molecule has 0 aliphatic carbocycles. The van der Waals surface area contributed by atoms with Crippen molar-refractivity contribution in [3.8, 4) is 22.5 Å². The molecule has 0 saturated heterocycles. The molecule has 34 heavy (non-hydrogen) atoms. The average Bonchev–Trinajstić information content (AvgIpc) is 2.90. The molecule has 0 fully saturated rings. The molecule has 3 aromatic carbocycles. The fourth-order valence-electron chi connectivity index (χ4n) is 5.03. The fraction of sp³-hybridized carbons (Fsp3) is 0.0968. The van der Waals surface area contributed by atoms with Crippen LogP contribution in [-0.2, 0) is 5.41 Å². The summed E-state index contributed by atoms with van der Waals surface area (Å²) in [4.78, 5) is 11.6. The lowest BCUT2D eigenvalue weighted by Crippen LogP contribution is -2.30. The van der Waals surface area contributed by atoms with E-state index in [-0.39, 0.29) is 5.41 Å². The second-order valence-corrected chi connectivity index (χ2v) is 9.19. The third kappa shape index (κ3) is 3.29. The van der Waals surface area contributed by atoms with E-state index in [9.17, 15) is 0 Å². The number of rotatable bonds is 3. The van der Waals surface area contributed by atoms with Gasteiger partial charge in [-0.05, 0) is 59.7 Å². The highest BCUT2D eigenvalue weighted by Gasteiger charge is 2.36. The molecule has 0 saturated carbocycles. The fourth-order valence-corrected chi connectivity index (χ4v) is 5.03. The standard InChI is InChI=1S/C31H25N3/c1-31(2)25-12-3-4-15-29(25)34(24-11-9-10-22(20-24)27-13-5-7-18-32-27)30-21-23(16-17-26(30)31)28-14-6-8-19-33-28/h3-21H,1-2H3. The van der Waals surface area contributed by atoms with Crippen LogP contribution in [0.4, 0.5) is 17.1 Å².